The Kier molecular flexibility index (Phi) is 15.4. The minimum absolute atomic E-state index is 0.0765. The zero-order chi connectivity index (χ0) is 19.0. The molecule has 2 nitrogen and oxygen atoms in total. The van der Waals surface area contributed by atoms with Crippen LogP contribution in [-0.2, 0) is 9.53 Å². The van der Waals surface area contributed by atoms with Crippen LogP contribution in [0.3, 0.4) is 0 Å². The van der Waals surface area contributed by atoms with Gasteiger partial charge >= 0.3 is 5.97 Å². The van der Waals surface area contributed by atoms with Gasteiger partial charge in [0.2, 0.25) is 0 Å². The van der Waals surface area contributed by atoms with E-state index in [4.69, 9.17) is 4.74 Å². The molecular formula is C23H46O2. The number of rotatable bonds is 16. The Bertz CT molecular complexity index is 302. The lowest BCUT2D eigenvalue weighted by molar-refractivity contribution is -0.153. The lowest BCUT2D eigenvalue weighted by Gasteiger charge is -2.16. The fraction of sp³-hybridized carbons (Fsp3) is 0.957. The predicted molar refractivity (Wildman–Crippen MR) is 110 cm³/mol. The van der Waals surface area contributed by atoms with Gasteiger partial charge in [0.15, 0.2) is 0 Å². The molecule has 0 saturated carbocycles. The van der Waals surface area contributed by atoms with Gasteiger partial charge in [-0.25, -0.2) is 0 Å². The number of ether oxygens (including phenoxy) is 1. The van der Waals surface area contributed by atoms with Crippen molar-refractivity contribution in [2.45, 2.75) is 125 Å². The van der Waals surface area contributed by atoms with Gasteiger partial charge in [-0.2, -0.15) is 0 Å². The molecule has 0 aliphatic heterocycles. The summed E-state index contributed by atoms with van der Waals surface area (Å²) in [4.78, 5) is 11.6. The number of hydrogen-bond donors (Lipinski definition) is 0. The third-order valence-electron chi connectivity index (χ3n) is 4.77. The number of hydrogen-bond acceptors (Lipinski definition) is 2. The fourth-order valence-electron chi connectivity index (χ4n) is 2.98. The highest BCUT2D eigenvalue weighted by atomic mass is 16.5. The third-order valence-corrected chi connectivity index (χ3v) is 4.77. The summed E-state index contributed by atoms with van der Waals surface area (Å²) in [5.74, 6) is 0.797. The van der Waals surface area contributed by atoms with Gasteiger partial charge < -0.3 is 4.74 Å². The first-order valence-electron chi connectivity index (χ1n) is 11.0. The van der Waals surface area contributed by atoms with E-state index in [1.54, 1.807) is 0 Å². The smallest absolute Gasteiger partial charge is 0.311 e. The average molecular weight is 355 g/mol. The van der Waals surface area contributed by atoms with Crippen molar-refractivity contribution in [2.24, 2.45) is 11.3 Å². The number of carbonyl (C=O) groups is 1. The van der Waals surface area contributed by atoms with Crippen LogP contribution in [0.2, 0.25) is 0 Å². The first-order valence-corrected chi connectivity index (χ1v) is 11.0. The summed E-state index contributed by atoms with van der Waals surface area (Å²) in [6, 6.07) is 0. The van der Waals surface area contributed by atoms with Crippen molar-refractivity contribution in [3.8, 4) is 0 Å². The summed E-state index contributed by atoms with van der Waals surface area (Å²) in [5, 5.41) is 0. The van der Waals surface area contributed by atoms with E-state index in [9.17, 15) is 4.79 Å². The Balaban J connectivity index is 3.13. The molecule has 0 heterocycles. The molecule has 0 aromatic heterocycles. The maximum Gasteiger partial charge on any atom is 0.311 e. The summed E-state index contributed by atoms with van der Waals surface area (Å²) in [7, 11) is 0. The monoisotopic (exact) mass is 354 g/mol. The summed E-state index contributed by atoms with van der Waals surface area (Å²) in [5.41, 5.74) is -0.367. The van der Waals surface area contributed by atoms with Gasteiger partial charge in [-0.3, -0.25) is 4.79 Å². The van der Waals surface area contributed by atoms with E-state index in [1.807, 2.05) is 20.8 Å². The molecule has 0 saturated heterocycles. The highest BCUT2D eigenvalue weighted by molar-refractivity contribution is 5.75. The van der Waals surface area contributed by atoms with Crippen LogP contribution in [0.4, 0.5) is 0 Å². The van der Waals surface area contributed by atoms with Gasteiger partial charge in [0.25, 0.3) is 0 Å². The second kappa shape index (κ2) is 15.7. The zero-order valence-electron chi connectivity index (χ0n) is 18.0. The third kappa shape index (κ3) is 18.1. The van der Waals surface area contributed by atoms with E-state index in [2.05, 4.69) is 13.8 Å². The Hall–Kier alpha value is -0.530. The standard InChI is InChI=1S/C23H46O2/c1-21(2)19-17-15-13-11-9-7-6-8-10-12-14-16-18-20-25-22(24)23(3,4)5/h21H,6-20H2,1-5H3. The second-order valence-corrected chi connectivity index (χ2v) is 9.16. The summed E-state index contributed by atoms with van der Waals surface area (Å²) in [6.45, 7) is 10.9. The van der Waals surface area contributed by atoms with E-state index >= 15 is 0 Å². The van der Waals surface area contributed by atoms with Gasteiger partial charge in [0, 0.05) is 0 Å². The molecule has 2 heteroatoms. The minimum Gasteiger partial charge on any atom is -0.465 e. The molecule has 0 spiro atoms. The van der Waals surface area contributed by atoms with Gasteiger partial charge in [0.1, 0.15) is 0 Å². The van der Waals surface area contributed by atoms with Crippen LogP contribution >= 0.6 is 0 Å². The van der Waals surface area contributed by atoms with Crippen molar-refractivity contribution in [3.05, 3.63) is 0 Å². The molecule has 0 N–H and O–H groups in total. The molecule has 0 aliphatic carbocycles. The first-order chi connectivity index (χ1) is 11.8. The van der Waals surface area contributed by atoms with Crippen LogP contribution < -0.4 is 0 Å². The molecule has 25 heavy (non-hydrogen) atoms. The van der Waals surface area contributed by atoms with Crippen LogP contribution in [0, 0.1) is 11.3 Å². The van der Waals surface area contributed by atoms with Crippen molar-refractivity contribution in [1.82, 2.24) is 0 Å². The fourth-order valence-corrected chi connectivity index (χ4v) is 2.98. The van der Waals surface area contributed by atoms with E-state index in [0.29, 0.717) is 6.61 Å². The van der Waals surface area contributed by atoms with Crippen LogP contribution in [0.5, 0.6) is 0 Å². The maximum atomic E-state index is 11.6. The maximum absolute atomic E-state index is 11.6. The van der Waals surface area contributed by atoms with Gasteiger partial charge in [-0.05, 0) is 33.1 Å². The van der Waals surface area contributed by atoms with E-state index in [-0.39, 0.29) is 11.4 Å². The van der Waals surface area contributed by atoms with E-state index in [0.717, 1.165) is 12.3 Å². The number of unbranched alkanes of at least 4 members (excludes halogenated alkanes) is 12. The molecular weight excluding hydrogens is 308 g/mol. The topological polar surface area (TPSA) is 26.3 Å². The Morgan fingerprint density at radius 2 is 1.04 bits per heavy atom. The quantitative estimate of drug-likeness (QED) is 0.210. The predicted octanol–water partition coefficient (Wildman–Crippen LogP) is 7.69. The van der Waals surface area contributed by atoms with Crippen LogP contribution in [-0.4, -0.2) is 12.6 Å². The molecule has 0 atom stereocenters. The molecule has 0 fully saturated rings. The molecule has 0 aliphatic rings. The first kappa shape index (κ1) is 24.5. The van der Waals surface area contributed by atoms with Crippen molar-refractivity contribution in [2.75, 3.05) is 6.61 Å². The number of esters is 1. The SMILES string of the molecule is CC(C)CCCCCCCCCCCCCCCOC(=O)C(C)(C)C. The molecule has 0 rings (SSSR count). The molecule has 0 unspecified atom stereocenters. The average Bonchev–Trinajstić information content (AvgIpc) is 2.53. The van der Waals surface area contributed by atoms with Crippen molar-refractivity contribution >= 4 is 5.97 Å². The normalized spacial score (nSPS) is 11.9. The van der Waals surface area contributed by atoms with Gasteiger partial charge in [-0.15, -0.1) is 0 Å². The highest BCUT2D eigenvalue weighted by Gasteiger charge is 2.22. The van der Waals surface area contributed by atoms with Crippen molar-refractivity contribution in [1.29, 1.82) is 0 Å². The summed E-state index contributed by atoms with van der Waals surface area (Å²) >= 11 is 0. The zero-order valence-corrected chi connectivity index (χ0v) is 18.0. The molecule has 0 bridgehead atoms. The lowest BCUT2D eigenvalue weighted by atomic mass is 9.97. The largest absolute Gasteiger partial charge is 0.465 e. The number of carbonyl (C=O) groups excluding carboxylic acids is 1. The van der Waals surface area contributed by atoms with Crippen LogP contribution in [0.1, 0.15) is 125 Å². The van der Waals surface area contributed by atoms with Crippen LogP contribution in [0.15, 0.2) is 0 Å². The van der Waals surface area contributed by atoms with E-state index < -0.39 is 0 Å². The molecule has 0 aromatic carbocycles. The molecule has 0 amide bonds. The highest BCUT2D eigenvalue weighted by Crippen LogP contribution is 2.16. The Labute approximate surface area is 158 Å². The lowest BCUT2D eigenvalue weighted by Crippen LogP contribution is -2.23. The Morgan fingerprint density at radius 1 is 0.680 bits per heavy atom. The van der Waals surface area contributed by atoms with E-state index in [1.165, 1.54) is 83.5 Å². The van der Waals surface area contributed by atoms with Crippen molar-refractivity contribution < 1.29 is 9.53 Å². The van der Waals surface area contributed by atoms with Gasteiger partial charge in [-0.1, -0.05) is 97.3 Å². The summed E-state index contributed by atoms with van der Waals surface area (Å²) < 4.78 is 5.29. The Morgan fingerprint density at radius 3 is 1.40 bits per heavy atom. The molecule has 150 valence electrons. The summed E-state index contributed by atoms with van der Waals surface area (Å²) in [6.07, 6.45) is 19.0. The van der Waals surface area contributed by atoms with Gasteiger partial charge in [0.05, 0.1) is 12.0 Å². The minimum atomic E-state index is -0.367. The van der Waals surface area contributed by atoms with Crippen LogP contribution in [0.25, 0.3) is 0 Å². The second-order valence-electron chi connectivity index (χ2n) is 9.16. The molecule has 0 aromatic rings. The molecule has 0 radical (unpaired) electrons. The van der Waals surface area contributed by atoms with Crippen molar-refractivity contribution in [3.63, 3.8) is 0 Å².